The van der Waals surface area contributed by atoms with Gasteiger partial charge in [-0.15, -0.1) is 11.8 Å². The van der Waals surface area contributed by atoms with Gasteiger partial charge >= 0.3 is 4.87 Å². The molecule has 43 heavy (non-hydrogen) atoms. The van der Waals surface area contributed by atoms with Gasteiger partial charge in [0.15, 0.2) is 0 Å². The largest absolute Gasteiger partial charge is 0.489 e. The number of carbonyl (C=O) groups excluding carboxylic acids is 2. The van der Waals surface area contributed by atoms with E-state index in [4.69, 9.17) is 27.9 Å². The van der Waals surface area contributed by atoms with E-state index >= 15 is 0 Å². The summed E-state index contributed by atoms with van der Waals surface area (Å²) in [6.07, 6.45) is 0.751. The summed E-state index contributed by atoms with van der Waals surface area (Å²) < 4.78 is 20.0. The Hall–Kier alpha value is -3.11. The summed E-state index contributed by atoms with van der Waals surface area (Å²) >= 11 is 15.6. The number of H-pyrrole nitrogens is 1. The van der Waals surface area contributed by atoms with E-state index in [-0.39, 0.29) is 52.2 Å². The van der Waals surface area contributed by atoms with Gasteiger partial charge in [0.25, 0.3) is 0 Å². The number of rotatable bonds is 5. The summed E-state index contributed by atoms with van der Waals surface area (Å²) in [5.74, 6) is -1.54. The first-order valence-corrected chi connectivity index (χ1v) is 16.4. The fourth-order valence-electron chi connectivity index (χ4n) is 7.89. The van der Waals surface area contributed by atoms with E-state index in [1.54, 1.807) is 17.8 Å². The van der Waals surface area contributed by atoms with Crippen molar-refractivity contribution >= 4 is 63.8 Å². The van der Waals surface area contributed by atoms with Crippen LogP contribution in [0.5, 0.6) is 5.75 Å². The van der Waals surface area contributed by atoms with Crippen LogP contribution >= 0.6 is 46.3 Å². The van der Waals surface area contributed by atoms with Gasteiger partial charge in [0.2, 0.25) is 11.8 Å². The van der Waals surface area contributed by atoms with Crippen molar-refractivity contribution in [2.75, 3.05) is 4.90 Å². The van der Waals surface area contributed by atoms with Crippen molar-refractivity contribution < 1.29 is 18.7 Å². The van der Waals surface area contributed by atoms with Crippen LogP contribution in [-0.4, -0.2) is 22.0 Å². The van der Waals surface area contributed by atoms with Crippen LogP contribution in [0.2, 0.25) is 10.0 Å². The summed E-state index contributed by atoms with van der Waals surface area (Å²) in [5.41, 5.74) is 2.17. The van der Waals surface area contributed by atoms with Gasteiger partial charge in [-0.1, -0.05) is 46.7 Å². The zero-order chi connectivity index (χ0) is 29.6. The van der Waals surface area contributed by atoms with Crippen LogP contribution in [0.25, 0.3) is 0 Å². The zero-order valence-corrected chi connectivity index (χ0v) is 25.5. The molecule has 3 heterocycles. The van der Waals surface area contributed by atoms with Gasteiger partial charge in [-0.3, -0.25) is 19.3 Å². The summed E-state index contributed by atoms with van der Waals surface area (Å²) in [4.78, 5) is 45.5. The summed E-state index contributed by atoms with van der Waals surface area (Å²) in [6, 6.07) is 18.5. The van der Waals surface area contributed by atoms with Crippen molar-refractivity contribution in [2.45, 2.75) is 29.2 Å². The number of hydrogen-bond acceptors (Lipinski definition) is 6. The molecular formula is C32H23Cl2FN2O4S2. The SMILES string of the molecule is O=C1C2C3CC(C2C(=O)N1c1ccc(F)cc1)C1C3Sc2[nH]c(=O)sc2[C@@H]1c1cc(Cl)ccc1OCc1cccc(Cl)c1. The van der Waals surface area contributed by atoms with E-state index in [1.807, 2.05) is 36.4 Å². The lowest BCUT2D eigenvalue weighted by atomic mass is 9.68. The Morgan fingerprint density at radius 3 is 2.44 bits per heavy atom. The van der Waals surface area contributed by atoms with Crippen molar-refractivity contribution in [3.8, 4) is 5.75 Å². The highest BCUT2D eigenvalue weighted by atomic mass is 35.5. The number of imide groups is 1. The van der Waals surface area contributed by atoms with Gasteiger partial charge in [0, 0.05) is 31.7 Å². The molecule has 2 aliphatic carbocycles. The number of thiazole rings is 1. The molecule has 8 rings (SSSR count). The van der Waals surface area contributed by atoms with Crippen LogP contribution in [-0.2, 0) is 16.2 Å². The van der Waals surface area contributed by atoms with Gasteiger partial charge in [-0.25, -0.2) is 4.39 Å². The third-order valence-electron chi connectivity index (χ3n) is 9.40. The number of fused-ring (bicyclic) bond motifs is 9. The first-order valence-electron chi connectivity index (χ1n) is 14.0. The molecule has 1 N–H and O–H groups in total. The molecule has 218 valence electrons. The third kappa shape index (κ3) is 4.30. The second-order valence-corrected chi connectivity index (χ2v) is 14.6. The maximum atomic E-state index is 13.9. The standard InChI is InChI=1S/C32H23Cl2FN2O4S2/c33-15-3-1-2-14(10-15)13-41-22-9-4-16(34)11-19(22)23-24-20-12-21(27(24)42-29-28(23)43-32(40)36-29)26-25(20)30(38)37(31(26)39)18-7-5-17(35)6-8-18/h1-11,20-21,23-27H,12-13H2,(H,36,40)/t20?,21?,23-,24?,25?,26?,27?/m1/s1. The van der Waals surface area contributed by atoms with E-state index in [9.17, 15) is 18.8 Å². The fourth-order valence-corrected chi connectivity index (χ4v) is 11.2. The summed E-state index contributed by atoms with van der Waals surface area (Å²) in [6.45, 7) is 0.289. The van der Waals surface area contributed by atoms with E-state index < -0.39 is 17.7 Å². The molecule has 2 saturated carbocycles. The number of benzene rings is 3. The number of halogens is 3. The van der Waals surface area contributed by atoms with Crippen LogP contribution in [0.15, 0.2) is 76.6 Å². The van der Waals surface area contributed by atoms with E-state index in [0.717, 1.165) is 27.5 Å². The van der Waals surface area contributed by atoms with Crippen molar-refractivity contribution in [2.24, 2.45) is 29.6 Å². The fraction of sp³-hybridized carbons (Fsp3) is 0.281. The maximum absolute atomic E-state index is 13.9. The molecule has 7 atom stereocenters. The van der Waals surface area contributed by atoms with Gasteiger partial charge in [0.1, 0.15) is 18.2 Å². The molecule has 0 radical (unpaired) electrons. The Labute approximate surface area is 264 Å². The molecule has 0 spiro atoms. The number of carbonyl (C=O) groups is 2. The van der Waals surface area contributed by atoms with Crippen LogP contribution in [0.4, 0.5) is 10.1 Å². The zero-order valence-electron chi connectivity index (χ0n) is 22.3. The van der Waals surface area contributed by atoms with Crippen molar-refractivity contribution in [3.05, 3.63) is 108 Å². The first-order chi connectivity index (χ1) is 20.8. The van der Waals surface area contributed by atoms with Gasteiger partial charge in [0.05, 0.1) is 22.5 Å². The van der Waals surface area contributed by atoms with Crippen molar-refractivity contribution in [1.82, 2.24) is 4.98 Å². The smallest absolute Gasteiger partial charge is 0.305 e. The van der Waals surface area contributed by atoms with Crippen LogP contribution in [0.1, 0.15) is 28.3 Å². The number of amides is 2. The Balaban J connectivity index is 1.20. The Bertz CT molecular complexity index is 1860. The molecule has 1 saturated heterocycles. The number of hydrogen-bond donors (Lipinski definition) is 1. The number of ether oxygens (including phenoxy) is 1. The number of nitrogens with one attached hydrogen (secondary N) is 1. The van der Waals surface area contributed by atoms with Crippen LogP contribution in [0.3, 0.4) is 0 Å². The van der Waals surface area contributed by atoms with E-state index in [0.29, 0.717) is 21.5 Å². The topological polar surface area (TPSA) is 79.5 Å². The second kappa shape index (κ2) is 10.2. The molecule has 2 aliphatic heterocycles. The van der Waals surface area contributed by atoms with Crippen molar-refractivity contribution in [1.29, 1.82) is 0 Å². The van der Waals surface area contributed by atoms with Gasteiger partial charge in [-0.2, -0.15) is 0 Å². The monoisotopic (exact) mass is 652 g/mol. The highest BCUT2D eigenvalue weighted by Gasteiger charge is 2.69. The Morgan fingerprint density at radius 1 is 0.930 bits per heavy atom. The minimum absolute atomic E-state index is 0.0127. The number of aromatic amines is 1. The maximum Gasteiger partial charge on any atom is 0.305 e. The molecule has 11 heteroatoms. The molecule has 3 fully saturated rings. The van der Waals surface area contributed by atoms with Gasteiger partial charge < -0.3 is 9.72 Å². The van der Waals surface area contributed by atoms with Crippen LogP contribution < -0.4 is 14.5 Å². The molecule has 4 aliphatic rings. The molecule has 2 amide bonds. The van der Waals surface area contributed by atoms with Crippen LogP contribution in [0, 0.1) is 35.4 Å². The molecular weight excluding hydrogens is 630 g/mol. The summed E-state index contributed by atoms with van der Waals surface area (Å²) in [7, 11) is 0. The highest BCUT2D eigenvalue weighted by Crippen LogP contribution is 2.69. The number of thioether (sulfide) groups is 1. The average Bonchev–Trinajstić information content (AvgIpc) is 3.72. The van der Waals surface area contributed by atoms with Crippen molar-refractivity contribution in [3.63, 3.8) is 0 Å². The minimum atomic E-state index is -0.473. The van der Waals surface area contributed by atoms with E-state index in [1.165, 1.54) is 40.5 Å². The third-order valence-corrected chi connectivity index (χ3v) is 12.5. The lowest BCUT2D eigenvalue weighted by Gasteiger charge is -2.43. The summed E-state index contributed by atoms with van der Waals surface area (Å²) in [5, 5.41) is 1.98. The highest BCUT2D eigenvalue weighted by molar-refractivity contribution is 8.00. The Morgan fingerprint density at radius 2 is 1.67 bits per heavy atom. The number of nitrogens with zero attached hydrogens (tertiary/aromatic N) is 1. The van der Waals surface area contributed by atoms with Gasteiger partial charge in [-0.05, 0) is 84.3 Å². The molecule has 6 unspecified atom stereocenters. The first kappa shape index (κ1) is 27.4. The molecule has 2 bridgehead atoms. The average molecular weight is 654 g/mol. The molecule has 1 aromatic heterocycles. The lowest BCUT2D eigenvalue weighted by molar-refractivity contribution is -0.123. The number of anilines is 1. The number of aromatic nitrogens is 1. The lowest BCUT2D eigenvalue weighted by Crippen LogP contribution is -2.42. The Kier molecular flexibility index (Phi) is 6.53. The second-order valence-electron chi connectivity index (χ2n) is 11.5. The molecule has 6 nitrogen and oxygen atoms in total. The quantitative estimate of drug-likeness (QED) is 0.232. The molecule has 3 aromatic carbocycles. The van der Waals surface area contributed by atoms with E-state index in [2.05, 4.69) is 4.98 Å². The minimum Gasteiger partial charge on any atom is -0.489 e. The predicted molar refractivity (Wildman–Crippen MR) is 165 cm³/mol. The predicted octanol–water partition coefficient (Wildman–Crippen LogP) is 7.14. The normalized spacial score (nSPS) is 28.6. The molecule has 4 aromatic rings.